The summed E-state index contributed by atoms with van der Waals surface area (Å²) < 4.78 is 0. The molecule has 1 heterocycles. The van der Waals surface area contributed by atoms with Gasteiger partial charge in [-0.3, -0.25) is 4.79 Å². The van der Waals surface area contributed by atoms with Gasteiger partial charge in [0.15, 0.2) is 0 Å². The molecular weight excluding hydrogens is 200 g/mol. The highest BCUT2D eigenvalue weighted by atomic mass is 16.1. The van der Waals surface area contributed by atoms with E-state index in [9.17, 15) is 4.79 Å². The van der Waals surface area contributed by atoms with E-state index in [1.807, 2.05) is 30.3 Å². The van der Waals surface area contributed by atoms with E-state index in [0.717, 1.165) is 25.1 Å². The van der Waals surface area contributed by atoms with Gasteiger partial charge in [-0.25, -0.2) is 0 Å². The molecule has 1 fully saturated rings. The third-order valence-corrected chi connectivity index (χ3v) is 2.96. The van der Waals surface area contributed by atoms with E-state index in [0.29, 0.717) is 6.04 Å². The second-order valence-corrected chi connectivity index (χ2v) is 4.22. The summed E-state index contributed by atoms with van der Waals surface area (Å²) >= 11 is 0. The molecular formula is C13H18N2O. The number of nitrogens with one attached hydrogen (secondary N) is 2. The minimum atomic E-state index is 0.0213. The Hall–Kier alpha value is -1.35. The maximum atomic E-state index is 11.7. The highest BCUT2D eigenvalue weighted by Crippen LogP contribution is 2.06. The monoisotopic (exact) mass is 218 g/mol. The maximum Gasteiger partial charge on any atom is 0.251 e. The molecule has 0 aromatic heterocycles. The Bertz CT molecular complexity index is 331. The highest BCUT2D eigenvalue weighted by Gasteiger charge is 2.13. The van der Waals surface area contributed by atoms with Crippen LogP contribution in [0.5, 0.6) is 0 Å². The molecule has 0 saturated carbocycles. The van der Waals surface area contributed by atoms with E-state index < -0.39 is 0 Å². The first-order valence-electron chi connectivity index (χ1n) is 5.93. The third kappa shape index (κ3) is 3.07. The molecule has 1 unspecified atom stereocenters. The standard InChI is InChI=1S/C13H18N2O/c16-13(11-6-2-1-3-7-11)15-10-12-8-4-5-9-14-12/h1-3,6-7,12,14H,4-5,8-10H2,(H,15,16). The summed E-state index contributed by atoms with van der Waals surface area (Å²) in [5.74, 6) is 0.0213. The Balaban J connectivity index is 1.79. The zero-order valence-corrected chi connectivity index (χ0v) is 9.41. The first-order valence-corrected chi connectivity index (χ1v) is 5.93. The molecule has 1 aliphatic rings. The number of carbonyl (C=O) groups excluding carboxylic acids is 1. The molecule has 16 heavy (non-hydrogen) atoms. The lowest BCUT2D eigenvalue weighted by Gasteiger charge is -2.23. The minimum absolute atomic E-state index is 0.0213. The van der Waals surface area contributed by atoms with Crippen LogP contribution in [0.15, 0.2) is 30.3 Å². The predicted molar refractivity (Wildman–Crippen MR) is 64.4 cm³/mol. The fourth-order valence-electron chi connectivity index (χ4n) is 2.01. The van der Waals surface area contributed by atoms with Crippen molar-refractivity contribution in [3.63, 3.8) is 0 Å². The Morgan fingerprint density at radius 2 is 2.12 bits per heavy atom. The zero-order valence-electron chi connectivity index (χ0n) is 9.41. The van der Waals surface area contributed by atoms with Gasteiger partial charge in [0.1, 0.15) is 0 Å². The predicted octanol–water partition coefficient (Wildman–Crippen LogP) is 1.56. The van der Waals surface area contributed by atoms with Crippen LogP contribution < -0.4 is 10.6 Å². The summed E-state index contributed by atoms with van der Waals surface area (Å²) in [5, 5.41) is 6.38. The van der Waals surface area contributed by atoms with Crippen molar-refractivity contribution in [2.24, 2.45) is 0 Å². The first kappa shape index (κ1) is 11.1. The second-order valence-electron chi connectivity index (χ2n) is 4.22. The molecule has 1 aromatic carbocycles. The maximum absolute atomic E-state index is 11.7. The third-order valence-electron chi connectivity index (χ3n) is 2.96. The van der Waals surface area contributed by atoms with Crippen LogP contribution in [-0.2, 0) is 0 Å². The van der Waals surface area contributed by atoms with E-state index in [2.05, 4.69) is 10.6 Å². The number of amides is 1. The molecule has 3 nitrogen and oxygen atoms in total. The molecule has 1 atom stereocenters. The molecule has 0 aliphatic carbocycles. The van der Waals surface area contributed by atoms with E-state index in [1.54, 1.807) is 0 Å². The van der Waals surface area contributed by atoms with Crippen molar-refractivity contribution < 1.29 is 4.79 Å². The summed E-state index contributed by atoms with van der Waals surface area (Å²) in [7, 11) is 0. The summed E-state index contributed by atoms with van der Waals surface area (Å²) in [5.41, 5.74) is 0.735. The summed E-state index contributed by atoms with van der Waals surface area (Å²) in [6.07, 6.45) is 3.68. The Morgan fingerprint density at radius 1 is 1.31 bits per heavy atom. The van der Waals surface area contributed by atoms with E-state index in [4.69, 9.17) is 0 Å². The van der Waals surface area contributed by atoms with Gasteiger partial charge in [-0.15, -0.1) is 0 Å². The number of hydrogen-bond acceptors (Lipinski definition) is 2. The number of piperidine rings is 1. The van der Waals surface area contributed by atoms with E-state index in [1.165, 1.54) is 12.8 Å². The fraction of sp³-hybridized carbons (Fsp3) is 0.462. The van der Waals surface area contributed by atoms with Crippen molar-refractivity contribution in [1.29, 1.82) is 0 Å². The number of hydrogen-bond donors (Lipinski definition) is 2. The van der Waals surface area contributed by atoms with Gasteiger partial charge in [0.05, 0.1) is 0 Å². The molecule has 1 saturated heterocycles. The van der Waals surface area contributed by atoms with Gasteiger partial charge in [0.2, 0.25) is 0 Å². The molecule has 0 radical (unpaired) electrons. The Kier molecular flexibility index (Phi) is 3.94. The van der Waals surface area contributed by atoms with Crippen molar-refractivity contribution >= 4 is 5.91 Å². The largest absolute Gasteiger partial charge is 0.350 e. The normalized spacial score (nSPS) is 20.4. The lowest BCUT2D eigenvalue weighted by molar-refractivity contribution is 0.0948. The lowest BCUT2D eigenvalue weighted by atomic mass is 10.1. The molecule has 2 rings (SSSR count). The van der Waals surface area contributed by atoms with Crippen LogP contribution in [0.2, 0.25) is 0 Å². The zero-order chi connectivity index (χ0) is 11.2. The smallest absolute Gasteiger partial charge is 0.251 e. The van der Waals surface area contributed by atoms with Crippen LogP contribution in [0, 0.1) is 0 Å². The average Bonchev–Trinajstić information content (AvgIpc) is 2.38. The molecule has 3 heteroatoms. The van der Waals surface area contributed by atoms with Crippen molar-refractivity contribution in [1.82, 2.24) is 10.6 Å². The lowest BCUT2D eigenvalue weighted by Crippen LogP contribution is -2.43. The molecule has 0 bridgehead atoms. The van der Waals surface area contributed by atoms with Crippen LogP contribution >= 0.6 is 0 Å². The van der Waals surface area contributed by atoms with Gasteiger partial charge < -0.3 is 10.6 Å². The number of rotatable bonds is 3. The molecule has 86 valence electrons. The second kappa shape index (κ2) is 5.66. The molecule has 1 aromatic rings. The molecule has 1 amide bonds. The first-order chi connectivity index (χ1) is 7.86. The highest BCUT2D eigenvalue weighted by molar-refractivity contribution is 5.94. The Morgan fingerprint density at radius 3 is 2.81 bits per heavy atom. The average molecular weight is 218 g/mol. The molecule has 1 aliphatic heterocycles. The summed E-state index contributed by atoms with van der Waals surface area (Å²) in [6, 6.07) is 9.80. The fourth-order valence-corrected chi connectivity index (χ4v) is 2.01. The van der Waals surface area contributed by atoms with E-state index in [-0.39, 0.29) is 5.91 Å². The quantitative estimate of drug-likeness (QED) is 0.808. The minimum Gasteiger partial charge on any atom is -0.350 e. The van der Waals surface area contributed by atoms with Crippen molar-refractivity contribution in [2.75, 3.05) is 13.1 Å². The van der Waals surface area contributed by atoms with Crippen molar-refractivity contribution in [3.8, 4) is 0 Å². The number of carbonyl (C=O) groups is 1. The molecule has 2 N–H and O–H groups in total. The van der Waals surface area contributed by atoms with Gasteiger partial charge in [-0.05, 0) is 31.5 Å². The van der Waals surface area contributed by atoms with Crippen molar-refractivity contribution in [2.45, 2.75) is 25.3 Å². The topological polar surface area (TPSA) is 41.1 Å². The van der Waals surface area contributed by atoms with Crippen LogP contribution in [0.4, 0.5) is 0 Å². The molecule has 0 spiro atoms. The van der Waals surface area contributed by atoms with Gasteiger partial charge in [-0.2, -0.15) is 0 Å². The van der Waals surface area contributed by atoms with Gasteiger partial charge >= 0.3 is 0 Å². The van der Waals surface area contributed by atoms with Gasteiger partial charge in [0, 0.05) is 18.2 Å². The van der Waals surface area contributed by atoms with Crippen LogP contribution in [0.1, 0.15) is 29.6 Å². The van der Waals surface area contributed by atoms with Crippen LogP contribution in [0.25, 0.3) is 0 Å². The van der Waals surface area contributed by atoms with Crippen molar-refractivity contribution in [3.05, 3.63) is 35.9 Å². The SMILES string of the molecule is O=C(NCC1CCCCN1)c1ccccc1. The number of benzene rings is 1. The van der Waals surface area contributed by atoms with E-state index >= 15 is 0 Å². The van der Waals surface area contributed by atoms with Gasteiger partial charge in [0.25, 0.3) is 5.91 Å². The summed E-state index contributed by atoms with van der Waals surface area (Å²) in [4.78, 5) is 11.7. The van der Waals surface area contributed by atoms with Gasteiger partial charge in [-0.1, -0.05) is 24.6 Å². The Labute approximate surface area is 96.2 Å². The van der Waals surface area contributed by atoms with Crippen LogP contribution in [-0.4, -0.2) is 25.0 Å². The summed E-state index contributed by atoms with van der Waals surface area (Å²) in [6.45, 7) is 1.81. The van der Waals surface area contributed by atoms with Crippen LogP contribution in [0.3, 0.4) is 0 Å².